The third kappa shape index (κ3) is 1.72. The maximum atomic E-state index is 6.36. The van der Waals surface area contributed by atoms with E-state index >= 15 is 0 Å². The summed E-state index contributed by atoms with van der Waals surface area (Å²) in [4.78, 5) is 0. The SMILES string of the molecule is c1ccc2c(c1)Cc1ccc3c(ccc4ccc5c6ccccc6oc5c43)c1-2. The molecule has 28 heavy (non-hydrogen) atoms. The van der Waals surface area contributed by atoms with Gasteiger partial charge in [0, 0.05) is 16.2 Å². The van der Waals surface area contributed by atoms with Crippen LogP contribution in [0.1, 0.15) is 11.1 Å². The number of furan rings is 1. The van der Waals surface area contributed by atoms with Gasteiger partial charge >= 0.3 is 0 Å². The highest BCUT2D eigenvalue weighted by Crippen LogP contribution is 2.44. The number of fused-ring (bicyclic) bond motifs is 11. The van der Waals surface area contributed by atoms with Crippen LogP contribution in [0.15, 0.2) is 89.3 Å². The standard InChI is InChI=1S/C27H16O/c1-2-6-19-17(5-1)15-18-11-13-22-21(25(18)19)12-9-16-10-14-23-20-7-3-4-8-24(20)28-27(23)26(16)22/h1-14H,15H2. The van der Waals surface area contributed by atoms with Crippen LogP contribution < -0.4 is 0 Å². The Morgan fingerprint density at radius 1 is 0.571 bits per heavy atom. The van der Waals surface area contributed by atoms with E-state index in [4.69, 9.17) is 4.42 Å². The minimum Gasteiger partial charge on any atom is -0.455 e. The van der Waals surface area contributed by atoms with E-state index in [2.05, 4.69) is 78.9 Å². The van der Waals surface area contributed by atoms with Crippen LogP contribution in [-0.2, 0) is 6.42 Å². The fourth-order valence-corrected chi connectivity index (χ4v) is 5.04. The molecule has 0 spiro atoms. The Labute approximate surface area is 161 Å². The van der Waals surface area contributed by atoms with Crippen molar-refractivity contribution in [1.29, 1.82) is 0 Å². The Morgan fingerprint density at radius 3 is 2.32 bits per heavy atom. The van der Waals surface area contributed by atoms with E-state index in [-0.39, 0.29) is 0 Å². The van der Waals surface area contributed by atoms with Gasteiger partial charge in [-0.05, 0) is 57.0 Å². The number of hydrogen-bond donors (Lipinski definition) is 0. The van der Waals surface area contributed by atoms with Crippen molar-refractivity contribution >= 4 is 43.5 Å². The second-order valence-electron chi connectivity index (χ2n) is 7.73. The van der Waals surface area contributed by atoms with Crippen molar-refractivity contribution in [2.24, 2.45) is 0 Å². The van der Waals surface area contributed by atoms with Gasteiger partial charge in [0.05, 0.1) is 0 Å². The first-order chi connectivity index (χ1) is 13.9. The maximum Gasteiger partial charge on any atom is 0.143 e. The van der Waals surface area contributed by atoms with E-state index in [1.807, 2.05) is 6.07 Å². The molecule has 5 aromatic carbocycles. The van der Waals surface area contributed by atoms with Gasteiger partial charge in [0.25, 0.3) is 0 Å². The fourth-order valence-electron chi connectivity index (χ4n) is 5.04. The zero-order valence-corrected chi connectivity index (χ0v) is 15.2. The largest absolute Gasteiger partial charge is 0.455 e. The molecule has 0 N–H and O–H groups in total. The maximum absolute atomic E-state index is 6.36. The Hall–Kier alpha value is -3.58. The summed E-state index contributed by atoms with van der Waals surface area (Å²) in [6, 6.07) is 30.6. The molecular formula is C27H16O. The first-order valence-electron chi connectivity index (χ1n) is 9.75. The molecule has 0 saturated heterocycles. The number of hydrogen-bond acceptors (Lipinski definition) is 1. The molecule has 0 saturated carbocycles. The summed E-state index contributed by atoms with van der Waals surface area (Å²) < 4.78 is 6.36. The zero-order valence-electron chi connectivity index (χ0n) is 15.2. The molecule has 1 heterocycles. The fraction of sp³-hybridized carbons (Fsp3) is 0.0370. The minimum atomic E-state index is 0.952. The summed E-state index contributed by atoms with van der Waals surface area (Å²) in [6.07, 6.45) is 1.02. The first-order valence-corrected chi connectivity index (χ1v) is 9.75. The van der Waals surface area contributed by atoms with Gasteiger partial charge in [0.2, 0.25) is 0 Å². The molecule has 0 radical (unpaired) electrons. The third-order valence-corrected chi connectivity index (χ3v) is 6.28. The van der Waals surface area contributed by atoms with Crippen molar-refractivity contribution in [1.82, 2.24) is 0 Å². The summed E-state index contributed by atoms with van der Waals surface area (Å²) in [5.74, 6) is 0. The Kier molecular flexibility index (Phi) is 2.60. The molecule has 1 heteroatoms. The predicted molar refractivity (Wildman–Crippen MR) is 117 cm³/mol. The van der Waals surface area contributed by atoms with Crippen molar-refractivity contribution in [3.8, 4) is 11.1 Å². The van der Waals surface area contributed by atoms with Gasteiger partial charge in [-0.25, -0.2) is 0 Å². The summed E-state index contributed by atoms with van der Waals surface area (Å²) in [5, 5.41) is 7.42. The van der Waals surface area contributed by atoms with Crippen molar-refractivity contribution < 1.29 is 4.42 Å². The molecule has 1 aliphatic carbocycles. The van der Waals surface area contributed by atoms with E-state index in [0.717, 1.165) is 17.6 Å². The number of benzene rings is 5. The topological polar surface area (TPSA) is 13.1 Å². The molecule has 7 rings (SSSR count). The molecule has 6 aromatic rings. The van der Waals surface area contributed by atoms with Crippen LogP contribution >= 0.6 is 0 Å². The van der Waals surface area contributed by atoms with Gasteiger partial charge in [-0.2, -0.15) is 0 Å². The lowest BCUT2D eigenvalue weighted by molar-refractivity contribution is 0.673. The smallest absolute Gasteiger partial charge is 0.143 e. The second kappa shape index (κ2) is 5.02. The average molecular weight is 356 g/mol. The van der Waals surface area contributed by atoms with E-state index in [1.165, 1.54) is 54.6 Å². The normalized spacial score (nSPS) is 12.9. The van der Waals surface area contributed by atoms with Gasteiger partial charge in [0.15, 0.2) is 0 Å². The second-order valence-corrected chi connectivity index (χ2v) is 7.73. The van der Waals surface area contributed by atoms with Gasteiger partial charge in [0.1, 0.15) is 11.2 Å². The molecular weight excluding hydrogens is 340 g/mol. The summed E-state index contributed by atoms with van der Waals surface area (Å²) in [6.45, 7) is 0. The Balaban J connectivity index is 1.70. The Bertz CT molecular complexity index is 1580. The molecule has 0 amide bonds. The van der Waals surface area contributed by atoms with Crippen molar-refractivity contribution in [2.45, 2.75) is 6.42 Å². The molecule has 0 bridgehead atoms. The zero-order chi connectivity index (χ0) is 18.2. The van der Waals surface area contributed by atoms with E-state index in [9.17, 15) is 0 Å². The summed E-state index contributed by atoms with van der Waals surface area (Å²) in [5.41, 5.74) is 7.56. The predicted octanol–water partition coefficient (Wildman–Crippen LogP) is 7.46. The molecule has 1 aromatic heterocycles. The van der Waals surface area contributed by atoms with Gasteiger partial charge < -0.3 is 4.42 Å². The van der Waals surface area contributed by atoms with Crippen molar-refractivity contribution in [3.05, 3.63) is 96.1 Å². The van der Waals surface area contributed by atoms with Crippen molar-refractivity contribution in [2.75, 3.05) is 0 Å². The molecule has 1 aliphatic rings. The first kappa shape index (κ1) is 14.5. The molecule has 0 aliphatic heterocycles. The highest BCUT2D eigenvalue weighted by molar-refractivity contribution is 6.24. The van der Waals surface area contributed by atoms with E-state index < -0.39 is 0 Å². The average Bonchev–Trinajstić information content (AvgIpc) is 3.31. The van der Waals surface area contributed by atoms with Crippen LogP contribution in [0.3, 0.4) is 0 Å². The number of para-hydroxylation sites is 1. The molecule has 0 fully saturated rings. The van der Waals surface area contributed by atoms with Crippen LogP contribution in [0.2, 0.25) is 0 Å². The lowest BCUT2D eigenvalue weighted by Gasteiger charge is -2.10. The minimum absolute atomic E-state index is 0.952. The lowest BCUT2D eigenvalue weighted by Crippen LogP contribution is -1.85. The molecule has 0 unspecified atom stereocenters. The van der Waals surface area contributed by atoms with Crippen LogP contribution in [-0.4, -0.2) is 0 Å². The van der Waals surface area contributed by atoms with Crippen LogP contribution in [0, 0.1) is 0 Å². The summed E-state index contributed by atoms with van der Waals surface area (Å²) >= 11 is 0. The van der Waals surface area contributed by atoms with Crippen LogP contribution in [0.25, 0.3) is 54.6 Å². The highest BCUT2D eigenvalue weighted by atomic mass is 16.3. The van der Waals surface area contributed by atoms with Gasteiger partial charge in [-0.3, -0.25) is 0 Å². The molecule has 130 valence electrons. The number of rotatable bonds is 0. The third-order valence-electron chi connectivity index (χ3n) is 6.28. The highest BCUT2D eigenvalue weighted by Gasteiger charge is 2.21. The van der Waals surface area contributed by atoms with Crippen molar-refractivity contribution in [3.63, 3.8) is 0 Å². The molecule has 0 atom stereocenters. The monoisotopic (exact) mass is 356 g/mol. The molecule has 1 nitrogen and oxygen atoms in total. The van der Waals surface area contributed by atoms with Crippen LogP contribution in [0.4, 0.5) is 0 Å². The van der Waals surface area contributed by atoms with E-state index in [1.54, 1.807) is 0 Å². The van der Waals surface area contributed by atoms with Gasteiger partial charge in [-0.1, -0.05) is 72.8 Å². The van der Waals surface area contributed by atoms with E-state index in [0.29, 0.717) is 0 Å². The van der Waals surface area contributed by atoms with Gasteiger partial charge in [-0.15, -0.1) is 0 Å². The lowest BCUT2D eigenvalue weighted by atomic mass is 9.93. The summed E-state index contributed by atoms with van der Waals surface area (Å²) in [7, 11) is 0. The quantitative estimate of drug-likeness (QED) is 0.257. The van der Waals surface area contributed by atoms with Crippen LogP contribution in [0.5, 0.6) is 0 Å². The Morgan fingerprint density at radius 2 is 1.36 bits per heavy atom.